The normalized spacial score (nSPS) is 9.80. The molecule has 0 amide bonds. The fraction of sp³-hybridized carbons (Fsp3) is 0.750. The Morgan fingerprint density at radius 2 is 2.10 bits per heavy atom. The first kappa shape index (κ1) is 9.38. The monoisotopic (exact) mass is 168 g/mol. The first-order valence-corrected chi connectivity index (χ1v) is 3.91. The molecule has 0 heterocycles. The third-order valence-corrected chi connectivity index (χ3v) is 1.13. The van der Waals surface area contributed by atoms with Crippen LogP contribution in [0, 0.1) is 0 Å². The third-order valence-electron chi connectivity index (χ3n) is 0.613. The van der Waals surface area contributed by atoms with Crippen molar-refractivity contribution in [3.63, 3.8) is 0 Å². The molecule has 0 saturated heterocycles. The molecule has 5 nitrogen and oxygen atoms in total. The van der Waals surface area contributed by atoms with Crippen molar-refractivity contribution in [2.45, 2.75) is 0 Å². The van der Waals surface area contributed by atoms with Crippen LogP contribution < -0.4 is 0 Å². The van der Waals surface area contributed by atoms with Crippen LogP contribution in [-0.2, 0) is 20.2 Å². The van der Waals surface area contributed by atoms with Gasteiger partial charge < -0.3 is 9.84 Å². The van der Waals surface area contributed by atoms with E-state index in [1.165, 1.54) is 0 Å². The first-order valence-electron chi connectivity index (χ1n) is 2.55. The van der Waals surface area contributed by atoms with Gasteiger partial charge in [-0.2, -0.15) is 0 Å². The van der Waals surface area contributed by atoms with Crippen LogP contribution in [-0.4, -0.2) is 38.5 Å². The Bertz CT molecular complexity index is 164. The molecule has 1 N–H and O–H groups in total. The molecule has 0 atom stereocenters. The van der Waals surface area contributed by atoms with Crippen molar-refractivity contribution >= 4 is 16.7 Å². The average molecular weight is 168 g/mol. The average Bonchev–Trinajstić information content (AvgIpc) is 1.82. The van der Waals surface area contributed by atoms with Gasteiger partial charge in [0, 0.05) is 0 Å². The van der Waals surface area contributed by atoms with Crippen LogP contribution in [0.3, 0.4) is 0 Å². The van der Waals surface area contributed by atoms with E-state index in [4.69, 9.17) is 5.11 Å². The molecule has 6 heteroatoms. The molecule has 0 saturated carbocycles. The van der Waals surface area contributed by atoms with Gasteiger partial charge in [-0.15, -0.1) is 0 Å². The Labute approximate surface area is 59.6 Å². The molecule has 0 aliphatic carbocycles. The van der Waals surface area contributed by atoms with E-state index in [0.29, 0.717) is 0 Å². The molecule has 0 aromatic rings. The summed E-state index contributed by atoms with van der Waals surface area (Å²) < 4.78 is 23.9. The Morgan fingerprint density at radius 3 is 2.50 bits per heavy atom. The summed E-state index contributed by atoms with van der Waals surface area (Å²) in [5.74, 6) is -1.44. The van der Waals surface area contributed by atoms with E-state index >= 15 is 0 Å². The van der Waals surface area contributed by atoms with E-state index in [0.717, 1.165) is 0 Å². The minimum Gasteiger partial charge on any atom is -0.462 e. The molecule has 0 fully saturated rings. The number of thiol groups is 1. The van der Waals surface area contributed by atoms with Crippen molar-refractivity contribution in [3.8, 4) is 0 Å². The zero-order valence-corrected chi connectivity index (χ0v) is 6.04. The van der Waals surface area contributed by atoms with Crippen LogP contribution in [0.5, 0.6) is 0 Å². The minimum absolute atomic E-state index is 0.151. The largest absolute Gasteiger partial charge is 0.462 e. The standard InChI is InChI=1S/C4H8O5S/c5-1-2-9-4(6)3-10(7)8/h5,10H,1-3H2. The van der Waals surface area contributed by atoms with Crippen LogP contribution >= 0.6 is 0 Å². The topological polar surface area (TPSA) is 80.7 Å². The minimum atomic E-state index is -2.71. The number of aliphatic hydroxyl groups is 1. The van der Waals surface area contributed by atoms with Gasteiger partial charge in [0.25, 0.3) is 0 Å². The van der Waals surface area contributed by atoms with Crippen molar-refractivity contribution in [2.75, 3.05) is 19.0 Å². The molecule has 0 aliphatic heterocycles. The number of esters is 1. The highest BCUT2D eigenvalue weighted by Gasteiger charge is 2.01. The second-order valence-electron chi connectivity index (χ2n) is 1.43. The summed E-state index contributed by atoms with van der Waals surface area (Å²) in [6.07, 6.45) is 0. The number of carbonyl (C=O) groups excluding carboxylic acids is 1. The summed E-state index contributed by atoms with van der Waals surface area (Å²) >= 11 is 0. The number of carbonyl (C=O) groups is 1. The fourth-order valence-electron chi connectivity index (χ4n) is 0.311. The van der Waals surface area contributed by atoms with Crippen LogP contribution in [0.4, 0.5) is 0 Å². The van der Waals surface area contributed by atoms with Crippen LogP contribution in [0.15, 0.2) is 0 Å². The molecule has 0 radical (unpaired) electrons. The van der Waals surface area contributed by atoms with Crippen molar-refractivity contribution in [3.05, 3.63) is 0 Å². The van der Waals surface area contributed by atoms with Gasteiger partial charge in [0.15, 0.2) is 10.7 Å². The van der Waals surface area contributed by atoms with Crippen LogP contribution in [0.2, 0.25) is 0 Å². The Balaban J connectivity index is 3.44. The van der Waals surface area contributed by atoms with Gasteiger partial charge in [-0.1, -0.05) is 0 Å². The van der Waals surface area contributed by atoms with E-state index in [2.05, 4.69) is 4.74 Å². The number of aliphatic hydroxyl groups excluding tert-OH is 1. The molecule has 0 aliphatic rings. The molecule has 0 aromatic heterocycles. The van der Waals surface area contributed by atoms with Gasteiger partial charge in [-0.3, -0.25) is 4.79 Å². The summed E-state index contributed by atoms with van der Waals surface area (Å²) in [7, 11) is -2.71. The smallest absolute Gasteiger partial charge is 0.320 e. The van der Waals surface area contributed by atoms with E-state index in [9.17, 15) is 13.2 Å². The molecule has 0 spiro atoms. The van der Waals surface area contributed by atoms with E-state index in [1.807, 2.05) is 0 Å². The van der Waals surface area contributed by atoms with Crippen molar-refractivity contribution in [1.82, 2.24) is 0 Å². The van der Waals surface area contributed by atoms with E-state index in [-0.39, 0.29) is 13.2 Å². The maximum absolute atomic E-state index is 10.3. The molecule has 0 bridgehead atoms. The predicted octanol–water partition coefficient (Wildman–Crippen LogP) is -1.87. The fourth-order valence-corrected chi connectivity index (χ4v) is 0.613. The second-order valence-corrected chi connectivity index (χ2v) is 2.42. The lowest BCUT2D eigenvalue weighted by Crippen LogP contribution is -2.13. The van der Waals surface area contributed by atoms with Gasteiger partial charge in [-0.05, 0) is 0 Å². The summed E-state index contributed by atoms with van der Waals surface area (Å²) in [6.45, 7) is -0.441. The van der Waals surface area contributed by atoms with Gasteiger partial charge in [0.1, 0.15) is 12.4 Å². The summed E-state index contributed by atoms with van der Waals surface area (Å²) in [5.41, 5.74) is 0. The molecule has 60 valence electrons. The highest BCUT2D eigenvalue weighted by molar-refractivity contribution is 7.73. The quantitative estimate of drug-likeness (QED) is 0.380. The molecule has 0 unspecified atom stereocenters. The molecule has 10 heavy (non-hydrogen) atoms. The lowest BCUT2D eigenvalue weighted by atomic mass is 10.7. The highest BCUT2D eigenvalue weighted by Crippen LogP contribution is 1.77. The number of ether oxygens (including phenoxy) is 1. The number of rotatable bonds is 4. The second kappa shape index (κ2) is 5.19. The van der Waals surface area contributed by atoms with E-state index in [1.54, 1.807) is 0 Å². The van der Waals surface area contributed by atoms with Gasteiger partial charge >= 0.3 is 5.97 Å². The maximum Gasteiger partial charge on any atom is 0.320 e. The Kier molecular flexibility index (Phi) is 4.87. The summed E-state index contributed by atoms with van der Waals surface area (Å²) in [6, 6.07) is 0. The van der Waals surface area contributed by atoms with Gasteiger partial charge in [0.05, 0.1) is 6.61 Å². The lowest BCUT2D eigenvalue weighted by molar-refractivity contribution is -0.141. The third kappa shape index (κ3) is 5.52. The van der Waals surface area contributed by atoms with Crippen molar-refractivity contribution < 1.29 is 23.1 Å². The summed E-state index contributed by atoms with van der Waals surface area (Å²) in [4.78, 5) is 10.3. The van der Waals surface area contributed by atoms with Gasteiger partial charge in [0.2, 0.25) is 0 Å². The van der Waals surface area contributed by atoms with Gasteiger partial charge in [-0.25, -0.2) is 8.42 Å². The zero-order chi connectivity index (χ0) is 7.98. The molecular formula is C4H8O5S. The van der Waals surface area contributed by atoms with Crippen molar-refractivity contribution in [1.29, 1.82) is 0 Å². The maximum atomic E-state index is 10.3. The predicted molar refractivity (Wildman–Crippen MR) is 33.2 cm³/mol. The highest BCUT2D eigenvalue weighted by atomic mass is 32.2. The zero-order valence-electron chi connectivity index (χ0n) is 5.15. The molecule has 0 rings (SSSR count). The first-order chi connectivity index (χ1) is 4.66. The van der Waals surface area contributed by atoms with Crippen molar-refractivity contribution in [2.24, 2.45) is 0 Å². The lowest BCUT2D eigenvalue weighted by Gasteiger charge is -1.96. The van der Waals surface area contributed by atoms with E-state index < -0.39 is 22.4 Å². The summed E-state index contributed by atoms with van der Waals surface area (Å²) in [5, 5.41) is 8.12. The SMILES string of the molecule is O=C(C[SH](=O)=O)OCCO. The van der Waals surface area contributed by atoms with Crippen LogP contribution in [0.1, 0.15) is 0 Å². The molecular weight excluding hydrogens is 160 g/mol. The Hall–Kier alpha value is -0.620. The molecule has 0 aromatic carbocycles. The van der Waals surface area contributed by atoms with Crippen LogP contribution in [0.25, 0.3) is 0 Å². The number of hydrogen-bond acceptors (Lipinski definition) is 5. The number of hydrogen-bond donors (Lipinski definition) is 2. The Morgan fingerprint density at radius 1 is 1.50 bits per heavy atom.